The van der Waals surface area contributed by atoms with Crippen molar-refractivity contribution < 1.29 is 19.3 Å². The Balaban J connectivity index is 1.16. The van der Waals surface area contributed by atoms with Crippen LogP contribution in [0.2, 0.25) is 0 Å². The number of nitrogens with one attached hydrogen (secondary N) is 3. The highest BCUT2D eigenvalue weighted by molar-refractivity contribution is 5.76. The Bertz CT molecular complexity index is 783. The van der Waals surface area contributed by atoms with E-state index in [2.05, 4.69) is 58.7 Å². The zero-order chi connectivity index (χ0) is 20.6. The largest absolute Gasteiger partial charge is 0.370 e. The predicted molar refractivity (Wildman–Crippen MR) is 118 cm³/mol. The van der Waals surface area contributed by atoms with Crippen LogP contribution in [-0.4, -0.2) is 64.9 Å². The van der Waals surface area contributed by atoms with E-state index in [4.69, 9.17) is 4.74 Å². The van der Waals surface area contributed by atoms with Gasteiger partial charge < -0.3 is 24.8 Å². The van der Waals surface area contributed by atoms with Crippen molar-refractivity contribution in [3.8, 4) is 0 Å². The Morgan fingerprint density at radius 3 is 2.23 bits per heavy atom. The Kier molecular flexibility index (Phi) is 7.34. The van der Waals surface area contributed by atoms with Gasteiger partial charge in [0.15, 0.2) is 6.54 Å². The smallest absolute Gasteiger partial charge is 0.275 e. The van der Waals surface area contributed by atoms with Crippen LogP contribution >= 0.6 is 0 Å². The van der Waals surface area contributed by atoms with Crippen molar-refractivity contribution in [3.05, 3.63) is 65.7 Å². The molecule has 0 saturated carbocycles. The number of anilines is 1. The number of benzene rings is 2. The van der Waals surface area contributed by atoms with Crippen LogP contribution in [-0.2, 0) is 22.6 Å². The number of ether oxygens (including phenoxy) is 1. The van der Waals surface area contributed by atoms with Gasteiger partial charge in [-0.2, -0.15) is 0 Å². The van der Waals surface area contributed by atoms with Crippen LogP contribution in [0.15, 0.2) is 54.6 Å². The summed E-state index contributed by atoms with van der Waals surface area (Å²) in [7, 11) is 0. The maximum absolute atomic E-state index is 12.4. The van der Waals surface area contributed by atoms with Crippen LogP contribution in [0.4, 0.5) is 5.69 Å². The Morgan fingerprint density at radius 1 is 0.867 bits per heavy atom. The standard InChI is InChI=1S/C24H32N4O2/c29-24(20-26-10-12-28(13-11-26)23-4-2-1-3-5-23)25-18-21-6-8-22(9-7-21)19-27-14-16-30-17-15-27/h1-9H,10-20H2,(H,25,29)/p+2. The van der Waals surface area contributed by atoms with Crippen LogP contribution in [0.5, 0.6) is 0 Å². The number of carbonyl (C=O) groups is 1. The number of piperazine rings is 1. The zero-order valence-electron chi connectivity index (χ0n) is 17.7. The van der Waals surface area contributed by atoms with Crippen LogP contribution in [0.25, 0.3) is 0 Å². The molecule has 30 heavy (non-hydrogen) atoms. The third-order valence-corrected chi connectivity index (χ3v) is 6.17. The quantitative estimate of drug-likeness (QED) is 0.556. The SMILES string of the molecule is O=C(C[NH+]1CCN(c2ccccc2)CC1)NCc1ccc(C[NH+]2CCOCC2)cc1. The van der Waals surface area contributed by atoms with Gasteiger partial charge in [0.2, 0.25) is 0 Å². The summed E-state index contributed by atoms with van der Waals surface area (Å²) in [6.07, 6.45) is 0. The first-order valence-electron chi connectivity index (χ1n) is 11.2. The third-order valence-electron chi connectivity index (χ3n) is 6.17. The fraction of sp³-hybridized carbons (Fsp3) is 0.458. The minimum Gasteiger partial charge on any atom is -0.370 e. The summed E-state index contributed by atoms with van der Waals surface area (Å²) in [5.41, 5.74) is 3.79. The minimum atomic E-state index is 0.139. The Hall–Kier alpha value is -2.41. The van der Waals surface area contributed by atoms with E-state index in [-0.39, 0.29) is 5.91 Å². The molecule has 0 aliphatic carbocycles. The van der Waals surface area contributed by atoms with Gasteiger partial charge in [-0.25, -0.2) is 0 Å². The van der Waals surface area contributed by atoms with E-state index in [1.165, 1.54) is 16.2 Å². The van der Waals surface area contributed by atoms with Gasteiger partial charge in [-0.15, -0.1) is 0 Å². The van der Waals surface area contributed by atoms with E-state index in [9.17, 15) is 4.79 Å². The summed E-state index contributed by atoms with van der Waals surface area (Å²) in [6, 6.07) is 19.2. The number of hydrogen-bond acceptors (Lipinski definition) is 3. The van der Waals surface area contributed by atoms with E-state index in [0.29, 0.717) is 13.1 Å². The lowest BCUT2D eigenvalue weighted by molar-refractivity contribution is -0.921. The topological polar surface area (TPSA) is 50.5 Å². The lowest BCUT2D eigenvalue weighted by Crippen LogP contribution is -3.15. The zero-order valence-corrected chi connectivity index (χ0v) is 17.7. The van der Waals surface area contributed by atoms with Crippen molar-refractivity contribution in [3.63, 3.8) is 0 Å². The molecule has 1 amide bonds. The summed E-state index contributed by atoms with van der Waals surface area (Å²) in [5.74, 6) is 0.139. The van der Waals surface area contributed by atoms with Crippen molar-refractivity contribution >= 4 is 11.6 Å². The second kappa shape index (κ2) is 10.6. The number of para-hydroxylation sites is 1. The monoisotopic (exact) mass is 410 g/mol. The maximum atomic E-state index is 12.4. The predicted octanol–water partition coefficient (Wildman–Crippen LogP) is -0.877. The first-order chi connectivity index (χ1) is 14.8. The van der Waals surface area contributed by atoms with Gasteiger partial charge in [-0.3, -0.25) is 4.79 Å². The highest BCUT2D eigenvalue weighted by Crippen LogP contribution is 2.12. The fourth-order valence-electron chi connectivity index (χ4n) is 4.29. The molecule has 2 fully saturated rings. The summed E-state index contributed by atoms with van der Waals surface area (Å²) in [4.78, 5) is 17.8. The molecule has 2 aliphatic heterocycles. The van der Waals surface area contributed by atoms with Crippen molar-refractivity contribution in [2.75, 3.05) is 63.9 Å². The average molecular weight is 411 g/mol. The van der Waals surface area contributed by atoms with Crippen molar-refractivity contribution in [1.29, 1.82) is 0 Å². The van der Waals surface area contributed by atoms with Crippen LogP contribution < -0.4 is 20.0 Å². The van der Waals surface area contributed by atoms with E-state index < -0.39 is 0 Å². The number of quaternary nitrogens is 2. The molecule has 0 aromatic heterocycles. The average Bonchev–Trinajstić information content (AvgIpc) is 2.80. The number of hydrogen-bond donors (Lipinski definition) is 3. The molecular weight excluding hydrogens is 376 g/mol. The number of rotatable bonds is 7. The van der Waals surface area contributed by atoms with E-state index >= 15 is 0 Å². The minimum absolute atomic E-state index is 0.139. The highest BCUT2D eigenvalue weighted by Gasteiger charge is 2.22. The summed E-state index contributed by atoms with van der Waals surface area (Å²) >= 11 is 0. The Morgan fingerprint density at radius 2 is 1.53 bits per heavy atom. The van der Waals surface area contributed by atoms with Gasteiger partial charge in [-0.1, -0.05) is 42.5 Å². The fourth-order valence-corrected chi connectivity index (χ4v) is 4.29. The van der Waals surface area contributed by atoms with Crippen molar-refractivity contribution in [2.45, 2.75) is 13.1 Å². The highest BCUT2D eigenvalue weighted by atomic mass is 16.5. The van der Waals surface area contributed by atoms with Gasteiger partial charge in [-0.05, 0) is 17.7 Å². The molecule has 2 aromatic rings. The maximum Gasteiger partial charge on any atom is 0.275 e. The van der Waals surface area contributed by atoms with Gasteiger partial charge in [0.25, 0.3) is 5.91 Å². The van der Waals surface area contributed by atoms with Crippen LogP contribution in [0, 0.1) is 0 Å². The van der Waals surface area contributed by atoms with Gasteiger partial charge >= 0.3 is 0 Å². The van der Waals surface area contributed by atoms with Crippen LogP contribution in [0.3, 0.4) is 0 Å². The molecule has 0 atom stereocenters. The van der Waals surface area contributed by atoms with Gasteiger partial charge in [0, 0.05) is 17.8 Å². The van der Waals surface area contributed by atoms with Crippen LogP contribution in [0.1, 0.15) is 11.1 Å². The Labute approximate surface area is 179 Å². The molecule has 0 spiro atoms. The number of amides is 1. The van der Waals surface area contributed by atoms with Gasteiger partial charge in [0.1, 0.15) is 19.6 Å². The second-order valence-corrected chi connectivity index (χ2v) is 8.38. The normalized spacial score (nSPS) is 18.3. The number of nitrogens with zero attached hydrogens (tertiary/aromatic N) is 1. The summed E-state index contributed by atoms with van der Waals surface area (Å²) in [6.45, 7) is 10.1. The summed E-state index contributed by atoms with van der Waals surface area (Å²) in [5, 5.41) is 3.09. The first-order valence-corrected chi connectivity index (χ1v) is 11.2. The van der Waals surface area contributed by atoms with E-state index in [1.54, 1.807) is 4.90 Å². The molecule has 4 rings (SSSR count). The molecule has 6 heteroatoms. The van der Waals surface area contributed by atoms with Crippen molar-refractivity contribution in [1.82, 2.24) is 5.32 Å². The molecule has 160 valence electrons. The van der Waals surface area contributed by atoms with E-state index in [1.807, 2.05) is 6.07 Å². The molecule has 2 heterocycles. The lowest BCUT2D eigenvalue weighted by atomic mass is 10.1. The first kappa shape index (κ1) is 20.8. The molecule has 2 saturated heterocycles. The number of morpholine rings is 1. The molecule has 0 radical (unpaired) electrons. The molecule has 6 nitrogen and oxygen atoms in total. The molecule has 0 bridgehead atoms. The molecule has 3 N–H and O–H groups in total. The lowest BCUT2D eigenvalue weighted by Gasteiger charge is -2.33. The van der Waals surface area contributed by atoms with Crippen molar-refractivity contribution in [2.24, 2.45) is 0 Å². The van der Waals surface area contributed by atoms with Gasteiger partial charge in [0.05, 0.1) is 39.4 Å². The third kappa shape index (κ3) is 6.05. The molecular formula is C24H34N4O2+2. The number of carbonyl (C=O) groups excluding carboxylic acids is 1. The molecule has 2 aromatic carbocycles. The summed E-state index contributed by atoms with van der Waals surface area (Å²) < 4.78 is 5.43. The molecule has 0 unspecified atom stereocenters. The second-order valence-electron chi connectivity index (χ2n) is 8.38. The molecule has 2 aliphatic rings. The van der Waals surface area contributed by atoms with E-state index in [0.717, 1.165) is 64.6 Å².